The van der Waals surface area contributed by atoms with Crippen molar-refractivity contribution in [3.05, 3.63) is 70.2 Å². The van der Waals surface area contributed by atoms with Crippen molar-refractivity contribution < 1.29 is 27.4 Å². The second-order valence-electron chi connectivity index (χ2n) is 11.8. The molecule has 6 aromatic rings. The van der Waals surface area contributed by atoms with E-state index in [-0.39, 0.29) is 44.9 Å². The van der Waals surface area contributed by atoms with Crippen LogP contribution in [0.3, 0.4) is 0 Å². The molecule has 0 spiro atoms. The maximum atomic E-state index is 12.8. The number of aromatic nitrogens is 8. The number of halogens is 2. The van der Waals surface area contributed by atoms with Gasteiger partial charge >= 0.3 is 23.1 Å². The molecule has 2 saturated heterocycles. The average Bonchev–Trinajstić information content (AvgIpc) is 3.85. The van der Waals surface area contributed by atoms with Crippen LogP contribution in [0.4, 0.5) is 11.4 Å². The van der Waals surface area contributed by atoms with Gasteiger partial charge in [0.05, 0.1) is 117 Å². The molecule has 0 aliphatic carbocycles. The minimum atomic E-state index is -1.49. The van der Waals surface area contributed by atoms with Gasteiger partial charge < -0.3 is 58.7 Å². The smallest absolute Gasteiger partial charge is 0.493 e. The van der Waals surface area contributed by atoms with Gasteiger partial charge in [0.1, 0.15) is 11.8 Å². The predicted molar refractivity (Wildman–Crippen MR) is 209 cm³/mol. The van der Waals surface area contributed by atoms with E-state index in [1.807, 2.05) is 12.1 Å². The number of anilines is 2. The van der Waals surface area contributed by atoms with Gasteiger partial charge in [-0.05, 0) is 36.4 Å². The third kappa shape index (κ3) is 9.65. The summed E-state index contributed by atoms with van der Waals surface area (Å²) in [6.07, 6.45) is 3.36. The predicted octanol–water partition coefficient (Wildman–Crippen LogP) is 3.20. The Hall–Kier alpha value is -3.69. The summed E-state index contributed by atoms with van der Waals surface area (Å²) < 4.78 is 46.5. The Morgan fingerprint density at radius 3 is 1.44 bits per heavy atom. The third-order valence-electron chi connectivity index (χ3n) is 8.44. The standard InChI is InChI=1S/2C17H17ClN5O3S.Mg/c2*1-25-14-3-2-11-16(21-14)22-17(20-11)27(24)10-12-15(18)13(4-5-19-12)23-6-8-26-9-7-23;/h2*2-5H,6-10H2,1H3;/q2*-1;+2/t2*27-;/m00./s1. The van der Waals surface area contributed by atoms with E-state index >= 15 is 0 Å². The first kappa shape index (κ1) is 41.0. The zero-order chi connectivity index (χ0) is 37.6. The Morgan fingerprint density at radius 2 is 1.05 bits per heavy atom. The van der Waals surface area contributed by atoms with Crippen LogP contribution >= 0.6 is 23.2 Å². The molecule has 0 amide bonds. The number of ether oxygens (including phenoxy) is 4. The molecule has 2 atom stereocenters. The minimum absolute atomic E-state index is 0. The van der Waals surface area contributed by atoms with Crippen LogP contribution in [0, 0.1) is 0 Å². The van der Waals surface area contributed by atoms with Gasteiger partial charge in [-0.1, -0.05) is 23.2 Å². The number of hydrogen-bond acceptors (Lipinski definition) is 14. The molecule has 2 fully saturated rings. The average molecular weight is 838 g/mol. The van der Waals surface area contributed by atoms with Crippen molar-refractivity contribution in [3.8, 4) is 11.8 Å². The summed E-state index contributed by atoms with van der Waals surface area (Å²) in [5, 5.41) is 1.42. The number of methoxy groups -OCH3 is 2. The van der Waals surface area contributed by atoms with Crippen LogP contribution in [0.25, 0.3) is 22.3 Å². The molecule has 284 valence electrons. The SMILES string of the molecule is COc1ccc2nc([S@@](=O)Cc3nccc(N4CCOCC4)c3Cl)[n-]c2n1.COc1ccc2nc([S@@](=O)Cc3nccc(N4CCOCC4)c3Cl)[n-]c2n1.[Mg+2]. The summed E-state index contributed by atoms with van der Waals surface area (Å²) >= 11 is 13.1. The Balaban J connectivity index is 0.000000184. The summed E-state index contributed by atoms with van der Waals surface area (Å²) in [5.74, 6) is 1.12. The molecule has 0 N–H and O–H groups in total. The van der Waals surface area contributed by atoms with Crippen LogP contribution in [0.5, 0.6) is 11.8 Å². The van der Waals surface area contributed by atoms with E-state index < -0.39 is 21.6 Å². The minimum Gasteiger partial charge on any atom is -0.493 e. The number of rotatable bonds is 10. The fourth-order valence-corrected chi connectivity index (χ4v) is 8.41. The summed E-state index contributed by atoms with van der Waals surface area (Å²) in [5.41, 5.74) is 4.80. The Morgan fingerprint density at radius 1 is 0.655 bits per heavy atom. The van der Waals surface area contributed by atoms with Crippen LogP contribution in [-0.2, 0) is 42.6 Å². The van der Waals surface area contributed by atoms with E-state index in [1.54, 1.807) is 36.7 Å². The molecule has 6 aromatic heterocycles. The van der Waals surface area contributed by atoms with Gasteiger partial charge in [0, 0.05) is 60.9 Å². The van der Waals surface area contributed by atoms with Gasteiger partial charge in [0.15, 0.2) is 0 Å². The molecule has 8 heterocycles. The van der Waals surface area contributed by atoms with E-state index in [1.165, 1.54) is 14.2 Å². The molecule has 0 bridgehead atoms. The van der Waals surface area contributed by atoms with Crippen molar-refractivity contribution in [2.24, 2.45) is 0 Å². The van der Waals surface area contributed by atoms with E-state index in [4.69, 9.17) is 42.1 Å². The van der Waals surface area contributed by atoms with Gasteiger partial charge in [-0.2, -0.15) is 0 Å². The van der Waals surface area contributed by atoms with E-state index in [0.717, 1.165) is 37.6 Å². The number of morpholine rings is 2. The van der Waals surface area contributed by atoms with E-state index in [0.29, 0.717) is 81.9 Å². The first-order chi connectivity index (χ1) is 26.3. The molecular weight excluding hydrogens is 804 g/mol. The number of fused-ring (bicyclic) bond motifs is 2. The van der Waals surface area contributed by atoms with Crippen molar-refractivity contribution in [3.63, 3.8) is 0 Å². The Labute approximate surface area is 347 Å². The van der Waals surface area contributed by atoms with Crippen LogP contribution in [0.15, 0.2) is 59.1 Å². The monoisotopic (exact) mass is 836 g/mol. The molecule has 0 radical (unpaired) electrons. The van der Waals surface area contributed by atoms with Crippen LogP contribution < -0.4 is 29.2 Å². The molecule has 2 aliphatic rings. The zero-order valence-electron chi connectivity index (χ0n) is 29.9. The number of hydrogen-bond donors (Lipinski definition) is 0. The van der Waals surface area contributed by atoms with Crippen LogP contribution in [-0.4, -0.2) is 128 Å². The second-order valence-corrected chi connectivity index (χ2v) is 15.2. The molecular formula is C34H34Cl2MgN10O6S2. The molecule has 55 heavy (non-hydrogen) atoms. The zero-order valence-corrected chi connectivity index (χ0v) is 34.5. The number of imidazole rings is 2. The fraction of sp³-hybridized carbons (Fsp3) is 0.353. The summed E-state index contributed by atoms with van der Waals surface area (Å²) in [6, 6.07) is 10.6. The van der Waals surface area contributed by atoms with Crippen LogP contribution in [0.2, 0.25) is 10.0 Å². The van der Waals surface area contributed by atoms with Crippen molar-refractivity contribution in [1.29, 1.82) is 0 Å². The molecule has 21 heteroatoms. The van der Waals surface area contributed by atoms with Crippen molar-refractivity contribution in [2.75, 3.05) is 76.6 Å². The van der Waals surface area contributed by atoms with Gasteiger partial charge in [0.25, 0.3) is 0 Å². The summed E-state index contributed by atoms with van der Waals surface area (Å²) in [6.45, 7) is 5.67. The second kappa shape index (κ2) is 19.0. The van der Waals surface area contributed by atoms with Crippen LogP contribution in [0.1, 0.15) is 11.4 Å². The Bertz CT molecular complexity index is 2150. The Kier molecular flexibility index (Phi) is 14.1. The van der Waals surface area contributed by atoms with Crippen molar-refractivity contribution in [2.45, 2.75) is 21.8 Å². The fourth-order valence-electron chi connectivity index (χ4n) is 5.68. The normalized spacial score (nSPS) is 15.6. The van der Waals surface area contributed by atoms with Gasteiger partial charge in [-0.25, -0.2) is 0 Å². The summed E-state index contributed by atoms with van der Waals surface area (Å²) in [4.78, 5) is 38.4. The molecule has 0 unspecified atom stereocenters. The van der Waals surface area contributed by atoms with E-state index in [2.05, 4.69) is 49.7 Å². The maximum absolute atomic E-state index is 12.8. The maximum Gasteiger partial charge on any atom is 2.00 e. The summed E-state index contributed by atoms with van der Waals surface area (Å²) in [7, 11) is 0.0685. The van der Waals surface area contributed by atoms with E-state index in [9.17, 15) is 8.42 Å². The third-order valence-corrected chi connectivity index (χ3v) is 11.5. The first-order valence-corrected chi connectivity index (χ1v) is 20.1. The van der Waals surface area contributed by atoms with Crippen molar-refractivity contribution >= 4 is 102 Å². The van der Waals surface area contributed by atoms with Gasteiger partial charge in [0.2, 0.25) is 0 Å². The molecule has 0 saturated carbocycles. The number of pyridine rings is 4. The number of nitrogens with zero attached hydrogens (tertiary/aromatic N) is 10. The molecule has 2 aliphatic heterocycles. The van der Waals surface area contributed by atoms with Gasteiger partial charge in [-0.15, -0.1) is 0 Å². The first-order valence-electron chi connectivity index (χ1n) is 16.7. The quantitative estimate of drug-likeness (QED) is 0.183. The van der Waals surface area contributed by atoms with Gasteiger partial charge in [-0.3, -0.25) is 18.4 Å². The van der Waals surface area contributed by atoms with Crippen molar-refractivity contribution in [1.82, 2.24) is 39.9 Å². The molecule has 8 rings (SSSR count). The topological polar surface area (TPSA) is 183 Å². The molecule has 0 aromatic carbocycles. The largest absolute Gasteiger partial charge is 2.00 e. The molecule has 16 nitrogen and oxygen atoms in total.